The fourth-order valence-electron chi connectivity index (χ4n) is 6.30. The zero-order valence-corrected chi connectivity index (χ0v) is 38.0. The maximum Gasteiger partial charge on any atom is 0.472 e. The van der Waals surface area contributed by atoms with E-state index in [0.717, 1.165) is 44.9 Å². The number of hydrogen-bond donors (Lipinski definition) is 3. The Morgan fingerprint density at radius 3 is 1.43 bits per heavy atom. The number of aliphatic hydroxyl groups excluding tert-OH is 1. The van der Waals surface area contributed by atoms with Crippen LogP contribution in [0.25, 0.3) is 0 Å². The summed E-state index contributed by atoms with van der Waals surface area (Å²) in [5, 5.41) is 13.8. The summed E-state index contributed by atoms with van der Waals surface area (Å²) in [5.74, 6) is -0.195. The molecule has 1 amide bonds. The molecule has 0 aliphatic heterocycles. The molecule has 0 aliphatic carbocycles. The van der Waals surface area contributed by atoms with Crippen molar-refractivity contribution in [3.8, 4) is 0 Å². The summed E-state index contributed by atoms with van der Waals surface area (Å²) >= 11 is 0. The number of rotatable bonds is 41. The Labute approximate surface area is 346 Å². The third kappa shape index (κ3) is 40.6. The van der Waals surface area contributed by atoms with E-state index in [1.54, 1.807) is 6.08 Å². The van der Waals surface area contributed by atoms with Crippen molar-refractivity contribution >= 4 is 13.7 Å². The van der Waals surface area contributed by atoms with Gasteiger partial charge in [-0.15, -0.1) is 0 Å². The molecule has 56 heavy (non-hydrogen) atoms. The van der Waals surface area contributed by atoms with Crippen LogP contribution < -0.4 is 5.32 Å². The molecule has 0 fully saturated rings. The van der Waals surface area contributed by atoms with Gasteiger partial charge in [-0.3, -0.25) is 13.8 Å². The summed E-state index contributed by atoms with van der Waals surface area (Å²) in [6, 6.07) is -0.869. The van der Waals surface area contributed by atoms with Crippen LogP contribution in [0, 0.1) is 0 Å². The van der Waals surface area contributed by atoms with Crippen molar-refractivity contribution < 1.29 is 32.9 Å². The van der Waals surface area contributed by atoms with Gasteiger partial charge in [0, 0.05) is 6.42 Å². The number of nitrogens with zero attached hydrogens (tertiary/aromatic N) is 1. The van der Waals surface area contributed by atoms with E-state index in [4.69, 9.17) is 9.05 Å². The number of nitrogens with one attached hydrogen (secondary N) is 1. The van der Waals surface area contributed by atoms with Crippen LogP contribution in [0.4, 0.5) is 0 Å². The number of hydrogen-bond acceptors (Lipinski definition) is 5. The van der Waals surface area contributed by atoms with Gasteiger partial charge in [0.25, 0.3) is 0 Å². The minimum atomic E-state index is -4.35. The van der Waals surface area contributed by atoms with Gasteiger partial charge in [-0.25, -0.2) is 4.57 Å². The number of carbonyl (C=O) groups excluding carboxylic acids is 1. The highest BCUT2D eigenvalue weighted by Crippen LogP contribution is 2.43. The molecule has 8 nitrogen and oxygen atoms in total. The summed E-state index contributed by atoms with van der Waals surface area (Å²) in [4.78, 5) is 23.1. The molecule has 9 heteroatoms. The van der Waals surface area contributed by atoms with Crippen LogP contribution in [0.2, 0.25) is 0 Å². The van der Waals surface area contributed by atoms with Crippen LogP contribution in [0.15, 0.2) is 48.6 Å². The number of quaternary nitrogens is 1. The van der Waals surface area contributed by atoms with E-state index in [2.05, 4.69) is 55.6 Å². The first-order valence-corrected chi connectivity index (χ1v) is 24.5. The molecule has 0 saturated heterocycles. The van der Waals surface area contributed by atoms with Gasteiger partial charge in [-0.2, -0.15) is 0 Å². The number of unbranched alkanes of at least 4 members (excludes halogenated alkanes) is 22. The molecule has 3 unspecified atom stereocenters. The molecule has 0 rings (SSSR count). The number of amides is 1. The molecular weight excluding hydrogens is 719 g/mol. The lowest BCUT2D eigenvalue weighted by Gasteiger charge is -2.25. The Bertz CT molecular complexity index is 1050. The van der Waals surface area contributed by atoms with Crippen LogP contribution in [-0.4, -0.2) is 73.4 Å². The van der Waals surface area contributed by atoms with Gasteiger partial charge in [0.1, 0.15) is 13.2 Å². The highest BCUT2D eigenvalue weighted by molar-refractivity contribution is 7.47. The summed E-state index contributed by atoms with van der Waals surface area (Å²) in [5.41, 5.74) is 0. The van der Waals surface area contributed by atoms with Crippen LogP contribution >= 0.6 is 7.82 Å². The lowest BCUT2D eigenvalue weighted by atomic mass is 10.0. The van der Waals surface area contributed by atoms with Gasteiger partial charge in [0.15, 0.2) is 0 Å². The van der Waals surface area contributed by atoms with Crippen molar-refractivity contribution in [3.63, 3.8) is 0 Å². The molecule has 0 radical (unpaired) electrons. The Morgan fingerprint density at radius 2 is 0.982 bits per heavy atom. The quantitative estimate of drug-likeness (QED) is 0.0246. The van der Waals surface area contributed by atoms with E-state index in [0.29, 0.717) is 17.4 Å². The second-order valence-corrected chi connectivity index (χ2v) is 18.2. The normalized spacial score (nSPS) is 14.8. The fraction of sp³-hybridized carbons (Fsp3) is 0.809. The Hall–Kier alpha value is -1.54. The van der Waals surface area contributed by atoms with E-state index < -0.39 is 20.0 Å². The standard InChI is InChI=1S/C47H89N2O6P/c1-6-8-10-12-14-16-18-20-22-23-24-25-27-29-31-33-35-37-39-41-47(51)48-45(44-55-56(52,53)54-43-42-49(3,4)5)46(50)40-38-36-34-32-30-28-26-21-19-17-15-13-11-9-7-2/h19-22,30,32,38,40,45-46,50H,6-18,23-29,31,33-37,39,41-44H2,1-5H3,(H-,48,51,52,53)/p+1/b21-19+,22-20-,32-30+,40-38+. The molecule has 0 aromatic rings. The number of aliphatic hydroxyl groups is 1. The average molecular weight is 810 g/mol. The van der Waals surface area contributed by atoms with Crippen LogP contribution in [0.5, 0.6) is 0 Å². The molecule has 3 N–H and O–H groups in total. The number of phosphoric acid groups is 1. The Balaban J connectivity index is 4.45. The van der Waals surface area contributed by atoms with Crippen molar-refractivity contribution in [2.24, 2.45) is 0 Å². The molecule has 0 aromatic carbocycles. The zero-order valence-electron chi connectivity index (χ0n) is 37.1. The highest BCUT2D eigenvalue weighted by atomic mass is 31.2. The fourth-order valence-corrected chi connectivity index (χ4v) is 7.04. The van der Waals surface area contributed by atoms with Gasteiger partial charge in [-0.1, -0.05) is 165 Å². The smallest absolute Gasteiger partial charge is 0.387 e. The van der Waals surface area contributed by atoms with Crippen LogP contribution in [-0.2, 0) is 18.4 Å². The van der Waals surface area contributed by atoms with E-state index in [1.807, 2.05) is 27.2 Å². The number of likely N-dealkylation sites (N-methyl/N-ethyl adjacent to an activating group) is 1. The molecule has 0 heterocycles. The van der Waals surface area contributed by atoms with Crippen LogP contribution in [0.1, 0.15) is 194 Å². The zero-order chi connectivity index (χ0) is 41.4. The first-order chi connectivity index (χ1) is 27.0. The second kappa shape index (κ2) is 38.9. The predicted molar refractivity (Wildman–Crippen MR) is 240 cm³/mol. The second-order valence-electron chi connectivity index (χ2n) is 16.8. The number of carbonyl (C=O) groups is 1. The van der Waals surface area contributed by atoms with Crippen molar-refractivity contribution in [2.75, 3.05) is 40.9 Å². The molecule has 0 aromatic heterocycles. The molecule has 0 aliphatic rings. The SMILES string of the molecule is CCCCCCC/C=C/CC/C=C/CC/C=C/C(O)C(COP(=O)(O)OCC[N+](C)(C)C)NC(=O)CCCCCCCCCCC/C=C\CCCCCCCC. The summed E-state index contributed by atoms with van der Waals surface area (Å²) in [7, 11) is 1.54. The highest BCUT2D eigenvalue weighted by Gasteiger charge is 2.27. The van der Waals surface area contributed by atoms with E-state index in [9.17, 15) is 19.4 Å². The molecule has 0 saturated carbocycles. The largest absolute Gasteiger partial charge is 0.472 e. The minimum absolute atomic E-state index is 0.0523. The monoisotopic (exact) mass is 810 g/mol. The van der Waals surface area contributed by atoms with Crippen molar-refractivity contribution in [3.05, 3.63) is 48.6 Å². The lowest BCUT2D eigenvalue weighted by Crippen LogP contribution is -2.45. The topological polar surface area (TPSA) is 105 Å². The Morgan fingerprint density at radius 1 is 0.589 bits per heavy atom. The average Bonchev–Trinajstić information content (AvgIpc) is 3.15. The van der Waals surface area contributed by atoms with E-state index in [-0.39, 0.29) is 19.1 Å². The number of phosphoric ester groups is 1. The maximum atomic E-state index is 12.9. The van der Waals surface area contributed by atoms with Gasteiger partial charge in [0.2, 0.25) is 5.91 Å². The summed E-state index contributed by atoms with van der Waals surface area (Å²) < 4.78 is 23.5. The first-order valence-electron chi connectivity index (χ1n) is 23.0. The van der Waals surface area contributed by atoms with Crippen molar-refractivity contribution in [1.29, 1.82) is 0 Å². The van der Waals surface area contributed by atoms with Crippen LogP contribution in [0.3, 0.4) is 0 Å². The first kappa shape index (κ1) is 54.5. The summed E-state index contributed by atoms with van der Waals surface area (Å²) in [6.45, 7) is 4.76. The molecular formula is C47H90N2O6P+. The lowest BCUT2D eigenvalue weighted by molar-refractivity contribution is -0.870. The van der Waals surface area contributed by atoms with E-state index >= 15 is 0 Å². The van der Waals surface area contributed by atoms with E-state index in [1.165, 1.54) is 128 Å². The van der Waals surface area contributed by atoms with Gasteiger partial charge in [-0.05, 0) is 70.6 Å². The third-order valence-corrected chi connectivity index (χ3v) is 11.0. The molecule has 0 spiro atoms. The minimum Gasteiger partial charge on any atom is -0.387 e. The van der Waals surface area contributed by atoms with Crippen molar-refractivity contribution in [1.82, 2.24) is 5.32 Å². The molecule has 328 valence electrons. The van der Waals surface area contributed by atoms with Crippen molar-refractivity contribution in [2.45, 2.75) is 206 Å². The van der Waals surface area contributed by atoms with Gasteiger partial charge >= 0.3 is 7.82 Å². The predicted octanol–water partition coefficient (Wildman–Crippen LogP) is 12.9. The third-order valence-electron chi connectivity index (χ3n) is 10.00. The number of allylic oxidation sites excluding steroid dienone is 7. The maximum absolute atomic E-state index is 12.9. The molecule has 3 atom stereocenters. The Kier molecular flexibility index (Phi) is 37.9. The summed E-state index contributed by atoms with van der Waals surface area (Å²) in [6.07, 6.45) is 48.9. The molecule has 0 bridgehead atoms. The van der Waals surface area contributed by atoms with Gasteiger partial charge < -0.3 is 19.8 Å². The van der Waals surface area contributed by atoms with Gasteiger partial charge in [0.05, 0.1) is 39.9 Å².